The number of aryl methyl sites for hydroxylation is 1. The number of nitrogens with zero attached hydrogens (tertiary/aromatic N) is 1. The molecule has 2 N–H and O–H groups in total. The average Bonchev–Trinajstić information content (AvgIpc) is 3.79. The van der Waals surface area contributed by atoms with Gasteiger partial charge in [0.2, 0.25) is 0 Å². The second kappa shape index (κ2) is 14.9. The Bertz CT molecular complexity index is 1650. The Morgan fingerprint density at radius 2 is 1.69 bits per heavy atom. The maximum Gasteiger partial charge on any atom is 0.407 e. The Labute approximate surface area is 297 Å². The molecule has 5 heterocycles. The fourth-order valence-corrected chi connectivity index (χ4v) is 7.07. The molecule has 2 unspecified atom stereocenters. The Balaban J connectivity index is 1.28. The molecule has 14 nitrogen and oxygen atoms in total. The van der Waals surface area contributed by atoms with Crippen molar-refractivity contribution in [3.05, 3.63) is 81.1 Å². The Morgan fingerprint density at radius 3 is 2.37 bits per heavy atom. The zero-order valence-electron chi connectivity index (χ0n) is 30.4. The summed E-state index contributed by atoms with van der Waals surface area (Å²) in [5.74, 6) is -1.83. The van der Waals surface area contributed by atoms with Gasteiger partial charge in [0.1, 0.15) is 48.3 Å². The number of carbonyl (C=O) groups excluding carboxylic acids is 1. The van der Waals surface area contributed by atoms with Crippen LogP contribution in [0, 0.1) is 0 Å². The maximum absolute atomic E-state index is 12.9. The fourth-order valence-electron chi connectivity index (χ4n) is 7.07. The minimum Gasteiger partial charge on any atom is -0.444 e. The third kappa shape index (κ3) is 8.48. The lowest BCUT2D eigenvalue weighted by atomic mass is 10.0. The SMILES string of the molecule is CCC1(CC)O[C@H]2[C@H](O[C@@H](/C=C\CCc3ccccc3)[C@H]3O[C@@H](n4ccc(=O)[nH]c4=O)C4OC(C)(C)OC43)O[C@H](CNC(=O)OC(C)(C)C)[C@H]2O1. The summed E-state index contributed by atoms with van der Waals surface area (Å²) in [7, 11) is 0. The first-order valence-corrected chi connectivity index (χ1v) is 17.9. The minimum atomic E-state index is -0.985. The summed E-state index contributed by atoms with van der Waals surface area (Å²) in [4.78, 5) is 39.7. The van der Waals surface area contributed by atoms with E-state index >= 15 is 0 Å². The molecule has 2 aromatic rings. The number of allylic oxidation sites excluding steroid dienone is 1. The number of carbonyl (C=O) groups is 1. The molecular weight excluding hydrogens is 662 g/mol. The van der Waals surface area contributed by atoms with Crippen molar-refractivity contribution in [1.29, 1.82) is 0 Å². The van der Waals surface area contributed by atoms with Crippen LogP contribution in [0.15, 0.2) is 64.3 Å². The summed E-state index contributed by atoms with van der Waals surface area (Å²) in [6, 6.07) is 11.4. The molecule has 1 aromatic carbocycles. The maximum atomic E-state index is 12.9. The van der Waals surface area contributed by atoms with Crippen molar-refractivity contribution in [2.24, 2.45) is 0 Å². The van der Waals surface area contributed by atoms with Gasteiger partial charge in [0.15, 0.2) is 24.1 Å². The van der Waals surface area contributed by atoms with Crippen molar-refractivity contribution in [3.63, 3.8) is 0 Å². The van der Waals surface area contributed by atoms with Crippen LogP contribution in [0.1, 0.15) is 79.5 Å². The summed E-state index contributed by atoms with van der Waals surface area (Å²) >= 11 is 0. The Kier molecular flexibility index (Phi) is 10.9. The molecule has 0 spiro atoms. The topological polar surface area (TPSA) is 158 Å². The highest BCUT2D eigenvalue weighted by Gasteiger charge is 2.61. The summed E-state index contributed by atoms with van der Waals surface area (Å²) in [5, 5.41) is 2.81. The van der Waals surface area contributed by atoms with Gasteiger partial charge in [-0.25, -0.2) is 9.59 Å². The monoisotopic (exact) mass is 713 g/mol. The largest absolute Gasteiger partial charge is 0.444 e. The van der Waals surface area contributed by atoms with E-state index in [1.54, 1.807) is 34.6 Å². The molecule has 6 rings (SSSR count). The predicted molar refractivity (Wildman–Crippen MR) is 184 cm³/mol. The molecule has 0 bridgehead atoms. The smallest absolute Gasteiger partial charge is 0.407 e. The number of H-pyrrole nitrogens is 1. The third-order valence-corrected chi connectivity index (χ3v) is 9.47. The van der Waals surface area contributed by atoms with Crippen molar-refractivity contribution in [1.82, 2.24) is 14.9 Å². The molecule has 280 valence electrons. The van der Waals surface area contributed by atoms with Crippen LogP contribution in [-0.2, 0) is 44.3 Å². The van der Waals surface area contributed by atoms with Crippen LogP contribution in [0.4, 0.5) is 4.79 Å². The fraction of sp³-hybridized carbons (Fsp3) is 0.649. The highest BCUT2D eigenvalue weighted by atomic mass is 16.8. The first kappa shape index (κ1) is 37.4. The molecule has 1 amide bonds. The zero-order valence-corrected chi connectivity index (χ0v) is 30.4. The summed E-state index contributed by atoms with van der Waals surface area (Å²) < 4.78 is 52.4. The van der Waals surface area contributed by atoms with E-state index < -0.39 is 89.8 Å². The first-order chi connectivity index (χ1) is 24.2. The number of hydrogen-bond donors (Lipinski definition) is 2. The van der Waals surface area contributed by atoms with Crippen LogP contribution in [0.5, 0.6) is 0 Å². The molecule has 0 radical (unpaired) electrons. The minimum absolute atomic E-state index is 0.105. The number of hydrogen-bond acceptors (Lipinski definition) is 11. The van der Waals surface area contributed by atoms with Crippen LogP contribution in [0.3, 0.4) is 0 Å². The quantitative estimate of drug-likeness (QED) is 0.306. The number of amides is 1. The predicted octanol–water partition coefficient (Wildman–Crippen LogP) is 4.08. The van der Waals surface area contributed by atoms with Crippen molar-refractivity contribution >= 4 is 6.09 Å². The zero-order chi connectivity index (χ0) is 36.6. The molecular formula is C37H51N3O11. The summed E-state index contributed by atoms with van der Waals surface area (Å²) in [6.45, 7) is 13.1. The molecule has 4 aliphatic rings. The average molecular weight is 714 g/mol. The van der Waals surface area contributed by atoms with Crippen LogP contribution in [0.25, 0.3) is 0 Å². The Morgan fingerprint density at radius 1 is 0.980 bits per heavy atom. The van der Waals surface area contributed by atoms with Gasteiger partial charge in [-0.05, 0) is 65.9 Å². The van der Waals surface area contributed by atoms with Crippen LogP contribution < -0.4 is 16.6 Å². The number of ether oxygens (including phenoxy) is 8. The number of fused-ring (bicyclic) bond motifs is 2. The molecule has 4 aliphatic heterocycles. The number of nitrogens with one attached hydrogen (secondary N) is 2. The lowest BCUT2D eigenvalue weighted by molar-refractivity contribution is -0.266. The molecule has 51 heavy (non-hydrogen) atoms. The van der Waals surface area contributed by atoms with Crippen LogP contribution >= 0.6 is 0 Å². The van der Waals surface area contributed by atoms with Crippen molar-refractivity contribution in [2.75, 3.05) is 6.54 Å². The van der Waals surface area contributed by atoms with Gasteiger partial charge < -0.3 is 43.2 Å². The summed E-state index contributed by atoms with van der Waals surface area (Å²) in [5.41, 5.74) is -0.631. The number of alkyl carbamates (subject to hydrolysis) is 1. The van der Waals surface area contributed by atoms with Gasteiger partial charge in [-0.2, -0.15) is 0 Å². The molecule has 0 saturated carbocycles. The molecule has 4 saturated heterocycles. The van der Waals surface area contributed by atoms with Gasteiger partial charge >= 0.3 is 11.8 Å². The van der Waals surface area contributed by atoms with Crippen LogP contribution in [-0.4, -0.2) is 88.4 Å². The highest BCUT2D eigenvalue weighted by Crippen LogP contribution is 2.46. The van der Waals surface area contributed by atoms with Crippen molar-refractivity contribution in [2.45, 2.75) is 147 Å². The van der Waals surface area contributed by atoms with Gasteiger partial charge in [-0.3, -0.25) is 14.3 Å². The van der Waals surface area contributed by atoms with E-state index in [-0.39, 0.29) is 6.54 Å². The van der Waals surface area contributed by atoms with Gasteiger partial charge in [0.05, 0.1) is 0 Å². The lowest BCUT2D eigenvalue weighted by Crippen LogP contribution is -2.44. The molecule has 1 aromatic heterocycles. The molecule has 9 atom stereocenters. The highest BCUT2D eigenvalue weighted by molar-refractivity contribution is 5.67. The van der Waals surface area contributed by atoms with E-state index in [0.29, 0.717) is 19.3 Å². The van der Waals surface area contributed by atoms with Gasteiger partial charge in [0.25, 0.3) is 5.56 Å². The molecule has 0 aliphatic carbocycles. The van der Waals surface area contributed by atoms with E-state index in [0.717, 1.165) is 6.42 Å². The van der Waals surface area contributed by atoms with E-state index in [2.05, 4.69) is 22.4 Å². The number of benzene rings is 1. The lowest BCUT2D eigenvalue weighted by Gasteiger charge is -2.32. The number of aromatic amines is 1. The second-order valence-corrected chi connectivity index (χ2v) is 14.8. The van der Waals surface area contributed by atoms with Gasteiger partial charge in [-0.1, -0.05) is 56.3 Å². The van der Waals surface area contributed by atoms with E-state index in [4.69, 9.17) is 37.9 Å². The number of aromatic nitrogens is 2. The standard InChI is InChI=1S/C37H51N3O11/c1-8-37(9-2)49-27-24(21-38-34(43)51-35(3,4)5)45-32(30(27)50-37)44-23(18-14-13-17-22-15-11-10-12-16-22)26-28-29(48-36(6,7)47-28)31(46-26)40-20-19-25(41)39-33(40)42/h10-12,14-16,18-20,23-24,26-32H,8-9,13,17,21H2,1-7H3,(H,38,43)(H,39,41,42)/b18-14-/t23-,24+,26+,27+,28?,29?,30+,31+,32+/m0/s1. The van der Waals surface area contributed by atoms with E-state index in [1.165, 1.54) is 22.4 Å². The van der Waals surface area contributed by atoms with Gasteiger partial charge in [-0.15, -0.1) is 0 Å². The Hall–Kier alpha value is -3.37. The molecule has 4 fully saturated rings. The second-order valence-electron chi connectivity index (χ2n) is 14.8. The summed E-state index contributed by atoms with van der Waals surface area (Å²) in [6.07, 6.45) is 0.997. The normalized spacial score (nSPS) is 31.4. The van der Waals surface area contributed by atoms with E-state index in [9.17, 15) is 14.4 Å². The van der Waals surface area contributed by atoms with Crippen molar-refractivity contribution < 1.29 is 42.7 Å². The van der Waals surface area contributed by atoms with Crippen molar-refractivity contribution in [3.8, 4) is 0 Å². The molecule has 14 heteroatoms. The first-order valence-electron chi connectivity index (χ1n) is 17.9. The van der Waals surface area contributed by atoms with Gasteiger partial charge in [0, 0.05) is 18.8 Å². The van der Waals surface area contributed by atoms with Crippen LogP contribution in [0.2, 0.25) is 0 Å². The number of rotatable bonds is 12. The van der Waals surface area contributed by atoms with E-state index in [1.807, 2.05) is 44.2 Å². The third-order valence-electron chi connectivity index (χ3n) is 9.47.